The highest BCUT2D eigenvalue weighted by Crippen LogP contribution is 2.09. The summed E-state index contributed by atoms with van der Waals surface area (Å²) in [4.78, 5) is 3.98. The molecule has 1 aromatic rings. The van der Waals surface area contributed by atoms with Crippen LogP contribution in [0.15, 0.2) is 5.38 Å². The second-order valence-corrected chi connectivity index (χ2v) is 2.79. The van der Waals surface area contributed by atoms with Crippen molar-refractivity contribution in [2.45, 2.75) is 13.0 Å². The monoisotopic (exact) mass is 138 g/mol. The van der Waals surface area contributed by atoms with Gasteiger partial charge in [0.2, 0.25) is 0 Å². The number of nitrogens with two attached hydrogens (primary N) is 1. The molecule has 0 aromatic carbocycles. The lowest BCUT2D eigenvalue weighted by atomic mass is 10.1. The summed E-state index contributed by atoms with van der Waals surface area (Å²) in [6.45, 7) is 1.89. The summed E-state index contributed by atoms with van der Waals surface area (Å²) >= 11 is 1.50. The molecule has 1 unspecified atom stereocenters. The van der Waals surface area contributed by atoms with Crippen molar-refractivity contribution in [2.75, 3.05) is 0 Å². The van der Waals surface area contributed by atoms with Crippen LogP contribution in [0.5, 0.6) is 0 Å². The molecular weight excluding hydrogens is 131 g/mol. The Morgan fingerprint density at radius 1 is 1.89 bits per heavy atom. The summed E-state index contributed by atoms with van der Waals surface area (Å²) in [7, 11) is 5.36. The van der Waals surface area contributed by atoms with Crippen molar-refractivity contribution in [3.05, 3.63) is 10.4 Å². The normalized spacial score (nSPS) is 13.6. The van der Waals surface area contributed by atoms with Crippen LogP contribution in [0.25, 0.3) is 0 Å². The molecule has 1 atom stereocenters. The fraction of sp³-hybridized carbons (Fsp3) is 0.400. The molecule has 46 valence electrons. The van der Waals surface area contributed by atoms with Gasteiger partial charge < -0.3 is 5.73 Å². The molecule has 4 heteroatoms. The number of hydrogen-bond donors (Lipinski definition) is 1. The third kappa shape index (κ3) is 1.53. The van der Waals surface area contributed by atoms with Gasteiger partial charge in [-0.05, 0) is 12.5 Å². The van der Waals surface area contributed by atoms with Crippen LogP contribution in [-0.4, -0.2) is 12.8 Å². The molecule has 0 spiro atoms. The number of hydrogen-bond acceptors (Lipinski definition) is 3. The zero-order valence-electron chi connectivity index (χ0n) is 5.16. The van der Waals surface area contributed by atoms with E-state index < -0.39 is 0 Å². The predicted octanol–water partition coefficient (Wildman–Crippen LogP) is -0.0434. The van der Waals surface area contributed by atoms with Crippen LogP contribution in [0, 0.1) is 0 Å². The lowest BCUT2D eigenvalue weighted by Gasteiger charge is -1.95. The second kappa shape index (κ2) is 2.50. The van der Waals surface area contributed by atoms with Crippen LogP contribution in [0.2, 0.25) is 0 Å². The summed E-state index contributed by atoms with van der Waals surface area (Å²) in [5.74, 6) is 0. The molecular formula is C5H7BN2S. The van der Waals surface area contributed by atoms with Gasteiger partial charge in [-0.1, -0.05) is 0 Å². The van der Waals surface area contributed by atoms with Gasteiger partial charge in [0.25, 0.3) is 0 Å². The zero-order chi connectivity index (χ0) is 6.85. The van der Waals surface area contributed by atoms with Gasteiger partial charge >= 0.3 is 0 Å². The Kier molecular flexibility index (Phi) is 1.88. The molecule has 0 saturated heterocycles. The van der Waals surface area contributed by atoms with Crippen molar-refractivity contribution in [1.82, 2.24) is 4.98 Å². The molecule has 2 radical (unpaired) electrons. The molecule has 9 heavy (non-hydrogen) atoms. The average molecular weight is 138 g/mol. The van der Waals surface area contributed by atoms with Crippen LogP contribution < -0.4 is 11.3 Å². The van der Waals surface area contributed by atoms with Crippen LogP contribution in [0.3, 0.4) is 0 Å². The molecule has 0 aliphatic heterocycles. The lowest BCUT2D eigenvalue weighted by Crippen LogP contribution is -2.08. The van der Waals surface area contributed by atoms with Crippen LogP contribution in [0.1, 0.15) is 18.0 Å². The molecule has 0 aliphatic rings. The highest BCUT2D eigenvalue weighted by atomic mass is 32.1. The van der Waals surface area contributed by atoms with E-state index in [0.29, 0.717) is 5.59 Å². The van der Waals surface area contributed by atoms with E-state index >= 15 is 0 Å². The van der Waals surface area contributed by atoms with Gasteiger partial charge in [0.15, 0.2) is 0 Å². The van der Waals surface area contributed by atoms with Crippen molar-refractivity contribution in [1.29, 1.82) is 0 Å². The Labute approximate surface area is 59.5 Å². The van der Waals surface area contributed by atoms with E-state index in [1.807, 2.05) is 6.92 Å². The van der Waals surface area contributed by atoms with Crippen molar-refractivity contribution < 1.29 is 0 Å². The smallest absolute Gasteiger partial charge is 0.142 e. The quantitative estimate of drug-likeness (QED) is 0.553. The molecule has 0 fully saturated rings. The van der Waals surface area contributed by atoms with Gasteiger partial charge in [0.1, 0.15) is 12.9 Å². The highest BCUT2D eigenvalue weighted by Gasteiger charge is 2.01. The Bertz CT molecular complexity index is 197. The second-order valence-electron chi connectivity index (χ2n) is 1.90. The SMILES string of the molecule is [B]c1csc(C(C)N)n1. The first-order chi connectivity index (χ1) is 4.20. The fourth-order valence-corrected chi connectivity index (χ4v) is 1.18. The lowest BCUT2D eigenvalue weighted by molar-refractivity contribution is 0.809. The van der Waals surface area contributed by atoms with Gasteiger partial charge in [-0.25, -0.2) is 0 Å². The van der Waals surface area contributed by atoms with Gasteiger partial charge in [-0.2, -0.15) is 0 Å². The topological polar surface area (TPSA) is 38.9 Å². The van der Waals surface area contributed by atoms with E-state index in [-0.39, 0.29) is 6.04 Å². The maximum absolute atomic E-state index is 5.52. The predicted molar refractivity (Wildman–Crippen MR) is 40.1 cm³/mol. The fourth-order valence-electron chi connectivity index (χ4n) is 0.510. The molecule has 0 aliphatic carbocycles. The highest BCUT2D eigenvalue weighted by molar-refractivity contribution is 7.10. The Morgan fingerprint density at radius 3 is 2.78 bits per heavy atom. The maximum Gasteiger partial charge on any atom is 0.142 e. The van der Waals surface area contributed by atoms with E-state index in [9.17, 15) is 0 Å². The summed E-state index contributed by atoms with van der Waals surface area (Å²) in [5, 5.41) is 2.69. The number of nitrogens with zero attached hydrogens (tertiary/aromatic N) is 1. The summed E-state index contributed by atoms with van der Waals surface area (Å²) in [5.41, 5.74) is 6.08. The number of thiazole rings is 1. The largest absolute Gasteiger partial charge is 0.322 e. The van der Waals surface area contributed by atoms with E-state index in [4.69, 9.17) is 13.6 Å². The molecule has 0 bridgehead atoms. The molecule has 2 N–H and O–H groups in total. The third-order valence-electron chi connectivity index (χ3n) is 0.929. The van der Waals surface area contributed by atoms with Gasteiger partial charge in [-0.15, -0.1) is 11.3 Å². The van der Waals surface area contributed by atoms with Crippen molar-refractivity contribution >= 4 is 24.8 Å². The van der Waals surface area contributed by atoms with Gasteiger partial charge in [0.05, 0.1) is 6.04 Å². The molecule has 1 heterocycles. The van der Waals surface area contributed by atoms with Crippen molar-refractivity contribution in [3.8, 4) is 0 Å². The summed E-state index contributed by atoms with van der Waals surface area (Å²) in [6.07, 6.45) is 0. The Hall–Kier alpha value is -0.345. The minimum atomic E-state index is 0.00676. The van der Waals surface area contributed by atoms with Crippen LogP contribution in [-0.2, 0) is 0 Å². The van der Waals surface area contributed by atoms with E-state index in [1.165, 1.54) is 11.3 Å². The molecule has 0 amide bonds. The van der Waals surface area contributed by atoms with Crippen molar-refractivity contribution in [3.63, 3.8) is 0 Å². The van der Waals surface area contributed by atoms with Crippen LogP contribution in [0.4, 0.5) is 0 Å². The minimum absolute atomic E-state index is 0.00676. The molecule has 2 nitrogen and oxygen atoms in total. The Balaban J connectivity index is 2.85. The molecule has 0 saturated carbocycles. The summed E-state index contributed by atoms with van der Waals surface area (Å²) in [6, 6.07) is 0.00676. The first kappa shape index (κ1) is 6.77. The zero-order valence-corrected chi connectivity index (χ0v) is 5.98. The molecule has 1 aromatic heterocycles. The third-order valence-corrected chi connectivity index (χ3v) is 1.99. The maximum atomic E-state index is 5.52. The number of rotatable bonds is 1. The first-order valence-corrected chi connectivity index (χ1v) is 3.54. The minimum Gasteiger partial charge on any atom is -0.322 e. The van der Waals surface area contributed by atoms with Crippen LogP contribution >= 0.6 is 11.3 Å². The van der Waals surface area contributed by atoms with Crippen molar-refractivity contribution in [2.24, 2.45) is 5.73 Å². The standard InChI is InChI=1S/C5H7BN2S/c1-3(7)5-8-4(6)2-9-5/h2-3H,7H2,1H3. The van der Waals surface area contributed by atoms with Gasteiger partial charge in [-0.3, -0.25) is 4.98 Å². The summed E-state index contributed by atoms with van der Waals surface area (Å²) < 4.78 is 0. The first-order valence-electron chi connectivity index (χ1n) is 2.66. The Morgan fingerprint density at radius 2 is 2.56 bits per heavy atom. The van der Waals surface area contributed by atoms with E-state index in [0.717, 1.165) is 5.01 Å². The molecule has 1 rings (SSSR count). The van der Waals surface area contributed by atoms with E-state index in [2.05, 4.69) is 4.98 Å². The number of aromatic nitrogens is 1. The average Bonchev–Trinajstić information content (AvgIpc) is 2.14. The van der Waals surface area contributed by atoms with E-state index in [1.54, 1.807) is 5.38 Å². The van der Waals surface area contributed by atoms with Gasteiger partial charge in [0, 0.05) is 5.38 Å².